The van der Waals surface area contributed by atoms with Gasteiger partial charge in [-0.1, -0.05) is 11.6 Å². The van der Waals surface area contributed by atoms with Crippen LogP contribution in [0.4, 0.5) is 10.7 Å². The number of anilines is 1. The van der Waals surface area contributed by atoms with Crippen LogP contribution in [0, 0.1) is 0 Å². The molecule has 1 amide bonds. The summed E-state index contributed by atoms with van der Waals surface area (Å²) in [6.07, 6.45) is 4.98. The second kappa shape index (κ2) is 5.57. The molecule has 2 saturated heterocycles. The first-order valence-corrected chi connectivity index (χ1v) is 7.95. The fourth-order valence-electron chi connectivity index (χ4n) is 3.15. The van der Waals surface area contributed by atoms with E-state index in [2.05, 4.69) is 14.9 Å². The Kier molecular flexibility index (Phi) is 3.89. The number of halogens is 1. The molecule has 0 N–H and O–H groups in total. The van der Waals surface area contributed by atoms with Gasteiger partial charge in [-0.3, -0.25) is 4.90 Å². The fourth-order valence-corrected chi connectivity index (χ4v) is 3.25. The number of carbonyl (C=O) groups excluding carboxylic acids is 1. The van der Waals surface area contributed by atoms with Gasteiger partial charge in [-0.2, -0.15) is 0 Å². The monoisotopic (exact) mass is 324 g/mol. The first-order chi connectivity index (χ1) is 10.3. The SMILES string of the molecule is CC(C)(C)OC(=O)N1C2CCC1CN(c1ncc(Cl)cn1)C2. The molecule has 0 spiro atoms. The number of carbonyl (C=O) groups is 1. The minimum absolute atomic E-state index is 0.160. The van der Waals surface area contributed by atoms with Crippen LogP contribution in [0.15, 0.2) is 12.4 Å². The Morgan fingerprint density at radius 3 is 2.27 bits per heavy atom. The maximum absolute atomic E-state index is 12.4. The summed E-state index contributed by atoms with van der Waals surface area (Å²) in [7, 11) is 0. The lowest BCUT2D eigenvalue weighted by Crippen LogP contribution is -2.57. The third-order valence-corrected chi connectivity index (χ3v) is 4.17. The summed E-state index contributed by atoms with van der Waals surface area (Å²) in [5, 5.41) is 0.527. The summed E-state index contributed by atoms with van der Waals surface area (Å²) in [5.74, 6) is 0.671. The molecule has 1 aromatic rings. The average molecular weight is 325 g/mol. The van der Waals surface area contributed by atoms with Gasteiger partial charge >= 0.3 is 6.09 Å². The number of fused-ring (bicyclic) bond motifs is 2. The molecule has 6 nitrogen and oxygen atoms in total. The highest BCUT2D eigenvalue weighted by Crippen LogP contribution is 2.32. The van der Waals surface area contributed by atoms with Crippen molar-refractivity contribution in [2.75, 3.05) is 18.0 Å². The van der Waals surface area contributed by atoms with Crippen LogP contribution in [0.2, 0.25) is 5.02 Å². The Labute approximate surface area is 135 Å². The minimum Gasteiger partial charge on any atom is -0.444 e. The van der Waals surface area contributed by atoms with Crippen LogP contribution in [0.3, 0.4) is 0 Å². The Bertz CT molecular complexity index is 544. The Morgan fingerprint density at radius 1 is 1.23 bits per heavy atom. The van der Waals surface area contributed by atoms with E-state index in [1.54, 1.807) is 12.4 Å². The first kappa shape index (κ1) is 15.3. The molecule has 7 heteroatoms. The van der Waals surface area contributed by atoms with Crippen molar-refractivity contribution in [3.05, 3.63) is 17.4 Å². The van der Waals surface area contributed by atoms with E-state index in [9.17, 15) is 4.79 Å². The Hall–Kier alpha value is -1.56. The van der Waals surface area contributed by atoms with Gasteiger partial charge in [0, 0.05) is 13.1 Å². The number of hydrogen-bond donors (Lipinski definition) is 0. The number of hydrogen-bond acceptors (Lipinski definition) is 5. The lowest BCUT2D eigenvalue weighted by Gasteiger charge is -2.41. The maximum Gasteiger partial charge on any atom is 0.410 e. The summed E-state index contributed by atoms with van der Waals surface area (Å²) < 4.78 is 5.53. The average Bonchev–Trinajstić information content (AvgIpc) is 2.69. The number of nitrogens with zero attached hydrogens (tertiary/aromatic N) is 4. The second-order valence-corrected chi connectivity index (χ2v) is 7.32. The summed E-state index contributed by atoms with van der Waals surface area (Å²) in [5.41, 5.74) is -0.465. The van der Waals surface area contributed by atoms with Crippen molar-refractivity contribution in [3.8, 4) is 0 Å². The molecule has 3 rings (SSSR count). The van der Waals surface area contributed by atoms with E-state index in [-0.39, 0.29) is 18.2 Å². The van der Waals surface area contributed by atoms with Gasteiger partial charge in [0.15, 0.2) is 0 Å². The number of ether oxygens (including phenoxy) is 1. The van der Waals surface area contributed by atoms with Crippen molar-refractivity contribution in [2.45, 2.75) is 51.3 Å². The van der Waals surface area contributed by atoms with E-state index in [1.165, 1.54) is 0 Å². The molecular formula is C15H21ClN4O2. The first-order valence-electron chi connectivity index (χ1n) is 7.57. The molecule has 2 unspecified atom stereocenters. The van der Waals surface area contributed by atoms with E-state index in [0.29, 0.717) is 11.0 Å². The predicted octanol–water partition coefficient (Wildman–Crippen LogP) is 2.72. The van der Waals surface area contributed by atoms with E-state index in [1.807, 2.05) is 25.7 Å². The molecule has 2 aliphatic heterocycles. The zero-order valence-electron chi connectivity index (χ0n) is 13.1. The Morgan fingerprint density at radius 2 is 1.77 bits per heavy atom. The standard InChI is InChI=1S/C15H21ClN4O2/c1-15(2,3)22-14(21)20-11-4-5-12(20)9-19(8-11)13-17-6-10(16)7-18-13/h6-7,11-12H,4-5,8-9H2,1-3H3. The number of rotatable bonds is 1. The summed E-state index contributed by atoms with van der Waals surface area (Å²) in [6.45, 7) is 7.15. The largest absolute Gasteiger partial charge is 0.444 e. The van der Waals surface area contributed by atoms with Gasteiger partial charge in [0.25, 0.3) is 0 Å². The van der Waals surface area contributed by atoms with Crippen molar-refractivity contribution < 1.29 is 9.53 Å². The molecule has 0 saturated carbocycles. The molecule has 22 heavy (non-hydrogen) atoms. The van der Waals surface area contributed by atoms with E-state index in [4.69, 9.17) is 16.3 Å². The molecule has 0 radical (unpaired) electrons. The second-order valence-electron chi connectivity index (χ2n) is 6.88. The molecular weight excluding hydrogens is 304 g/mol. The van der Waals surface area contributed by atoms with Crippen molar-refractivity contribution in [1.82, 2.24) is 14.9 Å². The molecule has 2 atom stereocenters. The zero-order chi connectivity index (χ0) is 15.9. The highest BCUT2D eigenvalue weighted by molar-refractivity contribution is 6.30. The summed E-state index contributed by atoms with van der Waals surface area (Å²) >= 11 is 5.83. The van der Waals surface area contributed by atoms with E-state index >= 15 is 0 Å². The van der Waals surface area contributed by atoms with Crippen molar-refractivity contribution in [2.24, 2.45) is 0 Å². The molecule has 2 fully saturated rings. The van der Waals surface area contributed by atoms with Crippen LogP contribution in [0.25, 0.3) is 0 Å². The highest BCUT2D eigenvalue weighted by Gasteiger charge is 2.44. The fraction of sp³-hybridized carbons (Fsp3) is 0.667. The lowest BCUT2D eigenvalue weighted by molar-refractivity contribution is 0.0122. The molecule has 0 aromatic carbocycles. The molecule has 120 valence electrons. The van der Waals surface area contributed by atoms with Gasteiger partial charge in [0.05, 0.1) is 29.5 Å². The molecule has 0 aliphatic carbocycles. The van der Waals surface area contributed by atoms with E-state index < -0.39 is 5.60 Å². The topological polar surface area (TPSA) is 58.6 Å². The van der Waals surface area contributed by atoms with Gasteiger partial charge in [-0.25, -0.2) is 14.8 Å². The highest BCUT2D eigenvalue weighted by atomic mass is 35.5. The van der Waals surface area contributed by atoms with Crippen molar-refractivity contribution in [3.63, 3.8) is 0 Å². The maximum atomic E-state index is 12.4. The Balaban J connectivity index is 1.71. The number of piperazine rings is 1. The minimum atomic E-state index is -0.465. The van der Waals surface area contributed by atoms with Gasteiger partial charge < -0.3 is 9.64 Å². The zero-order valence-corrected chi connectivity index (χ0v) is 13.9. The van der Waals surface area contributed by atoms with Gasteiger partial charge in [-0.05, 0) is 33.6 Å². The summed E-state index contributed by atoms with van der Waals surface area (Å²) in [4.78, 5) is 25.0. The quantitative estimate of drug-likeness (QED) is 0.795. The van der Waals surface area contributed by atoms with Gasteiger partial charge in [0.1, 0.15) is 5.60 Å². The van der Waals surface area contributed by atoms with Crippen LogP contribution < -0.4 is 4.90 Å². The van der Waals surface area contributed by atoms with Crippen molar-refractivity contribution >= 4 is 23.6 Å². The van der Waals surface area contributed by atoms with Crippen molar-refractivity contribution in [1.29, 1.82) is 0 Å². The molecule has 2 aliphatic rings. The number of aromatic nitrogens is 2. The smallest absolute Gasteiger partial charge is 0.410 e. The van der Waals surface area contributed by atoms with E-state index in [0.717, 1.165) is 25.9 Å². The lowest BCUT2D eigenvalue weighted by atomic mass is 10.2. The van der Waals surface area contributed by atoms with Crippen LogP contribution in [0.1, 0.15) is 33.6 Å². The van der Waals surface area contributed by atoms with Crippen LogP contribution in [-0.2, 0) is 4.74 Å². The molecule has 2 bridgehead atoms. The van der Waals surface area contributed by atoms with Gasteiger partial charge in [0.2, 0.25) is 5.95 Å². The normalized spacial score (nSPS) is 24.5. The van der Waals surface area contributed by atoms with Crippen LogP contribution >= 0.6 is 11.6 Å². The summed E-state index contributed by atoms with van der Waals surface area (Å²) in [6, 6.07) is 0.320. The van der Waals surface area contributed by atoms with Crippen LogP contribution in [-0.4, -0.2) is 51.7 Å². The number of amides is 1. The van der Waals surface area contributed by atoms with Gasteiger partial charge in [-0.15, -0.1) is 0 Å². The van der Waals surface area contributed by atoms with Crippen LogP contribution in [0.5, 0.6) is 0 Å². The third-order valence-electron chi connectivity index (χ3n) is 3.98. The third kappa shape index (κ3) is 3.11. The molecule has 1 aromatic heterocycles. The molecule has 3 heterocycles. The predicted molar refractivity (Wildman–Crippen MR) is 84.1 cm³/mol.